The van der Waals surface area contributed by atoms with Gasteiger partial charge in [0.05, 0.1) is 11.4 Å². The Bertz CT molecular complexity index is 665. The number of halogens is 1. The molecule has 0 aliphatic carbocycles. The molecule has 1 aliphatic heterocycles. The average molecular weight is 285 g/mol. The van der Waals surface area contributed by atoms with Crippen molar-refractivity contribution in [1.29, 1.82) is 0 Å². The Kier molecular flexibility index (Phi) is 3.07. The average Bonchev–Trinajstić information content (AvgIpc) is 2.72. The number of para-hydroxylation sites is 1. The molecule has 1 atom stereocenters. The minimum absolute atomic E-state index is 0.232. The van der Waals surface area contributed by atoms with Gasteiger partial charge in [0.1, 0.15) is 0 Å². The molecule has 0 saturated heterocycles. The maximum absolute atomic E-state index is 12.5. The van der Waals surface area contributed by atoms with Crippen LogP contribution in [0.1, 0.15) is 12.5 Å². The lowest BCUT2D eigenvalue weighted by molar-refractivity contribution is -0.118. The third-order valence-electron chi connectivity index (χ3n) is 3.29. The van der Waals surface area contributed by atoms with Crippen LogP contribution in [-0.4, -0.2) is 16.5 Å². The second-order valence-electron chi connectivity index (χ2n) is 4.77. The molecule has 3 nitrogen and oxygen atoms in total. The number of carbonyl (C=O) groups excluding carboxylic acids is 1. The van der Waals surface area contributed by atoms with E-state index in [0.717, 1.165) is 11.3 Å². The molecule has 3 rings (SSSR count). The van der Waals surface area contributed by atoms with E-state index in [1.165, 1.54) is 5.01 Å². The number of amides is 1. The van der Waals surface area contributed by atoms with Crippen LogP contribution >= 0.6 is 11.6 Å². The van der Waals surface area contributed by atoms with Crippen LogP contribution in [0.5, 0.6) is 0 Å². The number of rotatable bonds is 2. The normalized spacial score (nSPS) is 22.0. The zero-order valence-corrected chi connectivity index (χ0v) is 11.7. The van der Waals surface area contributed by atoms with E-state index in [2.05, 4.69) is 5.10 Å². The molecule has 0 N–H and O–H groups in total. The lowest BCUT2D eigenvalue weighted by Crippen LogP contribution is -2.39. The maximum atomic E-state index is 12.5. The molecule has 1 aliphatic rings. The van der Waals surface area contributed by atoms with Crippen LogP contribution in [0, 0.1) is 0 Å². The van der Waals surface area contributed by atoms with Crippen molar-refractivity contribution in [2.24, 2.45) is 5.10 Å². The number of carbonyl (C=O) groups is 1. The Morgan fingerprint density at radius 3 is 2.15 bits per heavy atom. The Labute approximate surface area is 122 Å². The molecule has 1 amide bonds. The SMILES string of the molecule is C[C@]1(Cl)C(=O)N(c2ccccc2)N=C1c1ccccc1. The first-order valence-electron chi connectivity index (χ1n) is 6.34. The molecule has 0 spiro atoms. The largest absolute Gasteiger partial charge is 0.274 e. The highest BCUT2D eigenvalue weighted by Crippen LogP contribution is 2.33. The van der Waals surface area contributed by atoms with Gasteiger partial charge in [-0.25, -0.2) is 0 Å². The van der Waals surface area contributed by atoms with Crippen molar-refractivity contribution in [2.75, 3.05) is 5.01 Å². The summed E-state index contributed by atoms with van der Waals surface area (Å²) in [5, 5.41) is 5.80. The predicted molar refractivity (Wildman–Crippen MR) is 81.2 cm³/mol. The van der Waals surface area contributed by atoms with Gasteiger partial charge in [-0.1, -0.05) is 48.5 Å². The van der Waals surface area contributed by atoms with Crippen LogP contribution in [0.15, 0.2) is 65.8 Å². The summed E-state index contributed by atoms with van der Waals surface area (Å²) >= 11 is 6.44. The quantitative estimate of drug-likeness (QED) is 0.778. The number of nitrogens with zero attached hydrogens (tertiary/aromatic N) is 2. The van der Waals surface area contributed by atoms with Gasteiger partial charge in [0.25, 0.3) is 5.91 Å². The summed E-state index contributed by atoms with van der Waals surface area (Å²) in [6.45, 7) is 1.69. The topological polar surface area (TPSA) is 32.7 Å². The molecule has 0 radical (unpaired) electrons. The molecule has 2 aromatic rings. The zero-order valence-electron chi connectivity index (χ0n) is 11.0. The minimum atomic E-state index is -1.14. The monoisotopic (exact) mass is 284 g/mol. The van der Waals surface area contributed by atoms with E-state index >= 15 is 0 Å². The van der Waals surface area contributed by atoms with E-state index in [-0.39, 0.29) is 5.91 Å². The van der Waals surface area contributed by atoms with E-state index in [1.54, 1.807) is 6.92 Å². The Morgan fingerprint density at radius 1 is 1.00 bits per heavy atom. The summed E-state index contributed by atoms with van der Waals surface area (Å²) < 4.78 is 0. The first kappa shape index (κ1) is 12.9. The first-order chi connectivity index (χ1) is 9.60. The summed E-state index contributed by atoms with van der Waals surface area (Å²) in [6.07, 6.45) is 0. The molecule has 2 aromatic carbocycles. The van der Waals surface area contributed by atoms with Crippen molar-refractivity contribution in [3.05, 3.63) is 66.2 Å². The Morgan fingerprint density at radius 2 is 1.55 bits per heavy atom. The number of anilines is 1. The van der Waals surface area contributed by atoms with Crippen LogP contribution < -0.4 is 5.01 Å². The van der Waals surface area contributed by atoms with Crippen molar-refractivity contribution in [1.82, 2.24) is 0 Å². The number of benzene rings is 2. The summed E-state index contributed by atoms with van der Waals surface area (Å²) in [5.74, 6) is -0.232. The van der Waals surface area contributed by atoms with E-state index in [0.29, 0.717) is 5.71 Å². The second-order valence-corrected chi connectivity index (χ2v) is 5.53. The summed E-state index contributed by atoms with van der Waals surface area (Å²) in [6, 6.07) is 18.8. The van der Waals surface area contributed by atoms with E-state index in [1.807, 2.05) is 60.7 Å². The van der Waals surface area contributed by atoms with Crippen molar-refractivity contribution in [3.63, 3.8) is 0 Å². The van der Waals surface area contributed by atoms with Crippen molar-refractivity contribution >= 4 is 28.9 Å². The van der Waals surface area contributed by atoms with Crippen LogP contribution in [-0.2, 0) is 4.79 Å². The van der Waals surface area contributed by atoms with Gasteiger partial charge in [-0.3, -0.25) is 4.79 Å². The molecule has 100 valence electrons. The summed E-state index contributed by atoms with van der Waals surface area (Å²) in [7, 11) is 0. The summed E-state index contributed by atoms with van der Waals surface area (Å²) in [4.78, 5) is 11.3. The predicted octanol–water partition coefficient (Wildman–Crippen LogP) is 3.44. The molecule has 0 aromatic heterocycles. The highest BCUT2D eigenvalue weighted by molar-refractivity contribution is 6.52. The highest BCUT2D eigenvalue weighted by atomic mass is 35.5. The second kappa shape index (κ2) is 4.76. The Hall–Kier alpha value is -2.13. The lowest BCUT2D eigenvalue weighted by atomic mass is 9.98. The van der Waals surface area contributed by atoms with Crippen LogP contribution in [0.25, 0.3) is 0 Å². The fourth-order valence-corrected chi connectivity index (χ4v) is 2.44. The molecule has 0 bridgehead atoms. The molecule has 0 fully saturated rings. The molecule has 1 heterocycles. The van der Waals surface area contributed by atoms with Crippen LogP contribution in [0.4, 0.5) is 5.69 Å². The number of hydrazone groups is 1. The maximum Gasteiger partial charge on any atom is 0.274 e. The lowest BCUT2D eigenvalue weighted by Gasteiger charge is -2.17. The molecule has 0 saturated carbocycles. The van der Waals surface area contributed by atoms with E-state index < -0.39 is 4.87 Å². The van der Waals surface area contributed by atoms with Gasteiger partial charge in [-0.05, 0) is 19.1 Å². The third kappa shape index (κ3) is 2.00. The minimum Gasteiger partial charge on any atom is -0.270 e. The van der Waals surface area contributed by atoms with E-state index in [9.17, 15) is 4.79 Å². The molecular weight excluding hydrogens is 272 g/mol. The number of hydrogen-bond donors (Lipinski definition) is 0. The van der Waals surface area contributed by atoms with Crippen molar-refractivity contribution in [3.8, 4) is 0 Å². The van der Waals surface area contributed by atoms with Gasteiger partial charge in [0.15, 0.2) is 4.87 Å². The van der Waals surface area contributed by atoms with Crippen molar-refractivity contribution < 1.29 is 4.79 Å². The standard InChI is InChI=1S/C16H13ClN2O/c1-16(17)14(12-8-4-2-5-9-12)18-19(15(16)20)13-10-6-3-7-11-13/h2-11H,1H3/t16-/m1/s1. The molecule has 0 unspecified atom stereocenters. The van der Waals surface area contributed by atoms with Gasteiger partial charge in [0.2, 0.25) is 0 Å². The van der Waals surface area contributed by atoms with Gasteiger partial charge < -0.3 is 0 Å². The summed E-state index contributed by atoms with van der Waals surface area (Å²) in [5.41, 5.74) is 2.15. The smallest absolute Gasteiger partial charge is 0.270 e. The fraction of sp³-hybridized carbons (Fsp3) is 0.125. The number of alkyl halides is 1. The van der Waals surface area contributed by atoms with Crippen molar-refractivity contribution in [2.45, 2.75) is 11.8 Å². The molecule has 20 heavy (non-hydrogen) atoms. The van der Waals surface area contributed by atoms with Gasteiger partial charge in [0, 0.05) is 5.56 Å². The Balaban J connectivity index is 2.08. The number of hydrogen-bond acceptors (Lipinski definition) is 2. The van der Waals surface area contributed by atoms with Gasteiger partial charge in [-0.15, -0.1) is 11.6 Å². The fourth-order valence-electron chi connectivity index (χ4n) is 2.21. The third-order valence-corrected chi connectivity index (χ3v) is 3.63. The highest BCUT2D eigenvalue weighted by Gasteiger charge is 2.46. The molecule has 4 heteroatoms. The zero-order chi connectivity index (χ0) is 14.2. The first-order valence-corrected chi connectivity index (χ1v) is 6.71. The van der Waals surface area contributed by atoms with Crippen LogP contribution in [0.2, 0.25) is 0 Å². The van der Waals surface area contributed by atoms with E-state index in [4.69, 9.17) is 11.6 Å². The van der Waals surface area contributed by atoms with Gasteiger partial charge in [-0.2, -0.15) is 10.1 Å². The van der Waals surface area contributed by atoms with Gasteiger partial charge >= 0.3 is 0 Å². The van der Waals surface area contributed by atoms with Crippen LogP contribution in [0.3, 0.4) is 0 Å². The molecular formula is C16H13ClN2O.